The van der Waals surface area contributed by atoms with Crippen LogP contribution in [0.5, 0.6) is 0 Å². The summed E-state index contributed by atoms with van der Waals surface area (Å²) in [6.45, 7) is 3.60. The second kappa shape index (κ2) is 6.19. The fourth-order valence-electron chi connectivity index (χ4n) is 1.15. The zero-order chi connectivity index (χ0) is 12.0. The van der Waals surface area contributed by atoms with Crippen LogP contribution in [0.1, 0.15) is 6.92 Å². The predicted octanol–water partition coefficient (Wildman–Crippen LogP) is 0.374. The predicted molar refractivity (Wildman–Crippen MR) is 59.6 cm³/mol. The highest BCUT2D eigenvalue weighted by atomic mass is 19.1. The van der Waals surface area contributed by atoms with Gasteiger partial charge in [-0.2, -0.15) is 4.98 Å². The summed E-state index contributed by atoms with van der Waals surface area (Å²) in [5.74, 6) is 5.04. The lowest BCUT2D eigenvalue weighted by Gasteiger charge is -2.18. The van der Waals surface area contributed by atoms with E-state index in [9.17, 15) is 4.39 Å². The normalized spacial score (nSPS) is 10.2. The van der Waals surface area contributed by atoms with E-state index in [4.69, 9.17) is 10.6 Å². The molecule has 0 saturated heterocycles. The van der Waals surface area contributed by atoms with Crippen LogP contribution in [0.4, 0.5) is 16.2 Å². The highest BCUT2D eigenvalue weighted by Gasteiger charge is 2.10. The molecule has 0 aliphatic rings. The van der Waals surface area contributed by atoms with Gasteiger partial charge in [-0.05, 0) is 6.92 Å². The van der Waals surface area contributed by atoms with Crippen molar-refractivity contribution in [2.75, 3.05) is 37.1 Å². The summed E-state index contributed by atoms with van der Waals surface area (Å²) in [6.07, 6.45) is 1.08. The van der Waals surface area contributed by atoms with Crippen molar-refractivity contribution in [3.63, 3.8) is 0 Å². The van der Waals surface area contributed by atoms with E-state index >= 15 is 0 Å². The van der Waals surface area contributed by atoms with Crippen molar-refractivity contribution >= 4 is 11.8 Å². The van der Waals surface area contributed by atoms with E-state index in [1.165, 1.54) is 0 Å². The van der Waals surface area contributed by atoms with Crippen molar-refractivity contribution in [3.8, 4) is 0 Å². The van der Waals surface area contributed by atoms with Gasteiger partial charge in [0, 0.05) is 20.2 Å². The Hall–Kier alpha value is -1.47. The number of rotatable bonds is 6. The molecular weight excluding hydrogens is 213 g/mol. The molecular formula is C9H16FN5O. The quantitative estimate of drug-likeness (QED) is 0.417. The third kappa shape index (κ3) is 3.28. The standard InChI is InChI=1S/C9H16FN5O/c1-3-16-5-4-15(2)8-7(10)6-12-9(13-8)14-11/h6H,3-5,11H2,1-2H3,(H,12,13,14). The van der Waals surface area contributed by atoms with Crippen LogP contribution in [0.15, 0.2) is 6.20 Å². The Morgan fingerprint density at radius 1 is 1.62 bits per heavy atom. The number of nitrogens with one attached hydrogen (secondary N) is 1. The van der Waals surface area contributed by atoms with Crippen LogP contribution in [0.3, 0.4) is 0 Å². The number of hydrogen-bond donors (Lipinski definition) is 2. The second-order valence-corrected chi connectivity index (χ2v) is 3.13. The Morgan fingerprint density at radius 2 is 2.38 bits per heavy atom. The van der Waals surface area contributed by atoms with E-state index in [0.717, 1.165) is 6.20 Å². The lowest BCUT2D eigenvalue weighted by atomic mass is 10.4. The molecule has 1 aromatic heterocycles. The third-order valence-electron chi connectivity index (χ3n) is 1.99. The summed E-state index contributed by atoms with van der Waals surface area (Å²) in [5.41, 5.74) is 2.27. The number of nitrogens with two attached hydrogens (primary N) is 1. The smallest absolute Gasteiger partial charge is 0.239 e. The molecule has 0 bridgehead atoms. The molecule has 1 aromatic rings. The topological polar surface area (TPSA) is 76.3 Å². The number of hydrazine groups is 1. The molecule has 16 heavy (non-hydrogen) atoms. The van der Waals surface area contributed by atoms with E-state index in [1.807, 2.05) is 6.92 Å². The molecule has 6 nitrogen and oxygen atoms in total. The third-order valence-corrected chi connectivity index (χ3v) is 1.99. The second-order valence-electron chi connectivity index (χ2n) is 3.13. The molecule has 0 aliphatic heterocycles. The molecule has 90 valence electrons. The molecule has 0 aromatic carbocycles. The molecule has 0 atom stereocenters. The lowest BCUT2D eigenvalue weighted by molar-refractivity contribution is 0.154. The molecule has 3 N–H and O–H groups in total. The van der Waals surface area contributed by atoms with Crippen LogP contribution in [0, 0.1) is 5.82 Å². The molecule has 0 aliphatic carbocycles. The number of halogens is 1. The molecule has 0 radical (unpaired) electrons. The average Bonchev–Trinajstić information content (AvgIpc) is 2.30. The van der Waals surface area contributed by atoms with Crippen molar-refractivity contribution in [2.24, 2.45) is 5.84 Å². The zero-order valence-electron chi connectivity index (χ0n) is 9.40. The van der Waals surface area contributed by atoms with Gasteiger partial charge in [0.1, 0.15) is 0 Å². The molecule has 0 saturated carbocycles. The monoisotopic (exact) mass is 229 g/mol. The van der Waals surface area contributed by atoms with Crippen molar-refractivity contribution in [2.45, 2.75) is 6.92 Å². The Balaban J connectivity index is 2.69. The van der Waals surface area contributed by atoms with Gasteiger partial charge in [-0.1, -0.05) is 0 Å². The van der Waals surface area contributed by atoms with Crippen molar-refractivity contribution < 1.29 is 9.13 Å². The van der Waals surface area contributed by atoms with E-state index < -0.39 is 5.82 Å². The van der Waals surface area contributed by atoms with E-state index in [0.29, 0.717) is 19.8 Å². The molecule has 0 amide bonds. The Kier molecular flexibility index (Phi) is 4.87. The first-order valence-corrected chi connectivity index (χ1v) is 4.97. The Bertz CT molecular complexity index is 336. The fourth-order valence-corrected chi connectivity index (χ4v) is 1.15. The number of aromatic nitrogens is 2. The first-order valence-electron chi connectivity index (χ1n) is 4.97. The fraction of sp³-hybridized carbons (Fsp3) is 0.556. The Morgan fingerprint density at radius 3 is 3.00 bits per heavy atom. The molecule has 1 rings (SSSR count). The summed E-state index contributed by atoms with van der Waals surface area (Å²) in [7, 11) is 1.73. The number of nitrogens with zero attached hydrogens (tertiary/aromatic N) is 3. The minimum Gasteiger partial charge on any atom is -0.380 e. The SMILES string of the molecule is CCOCCN(C)c1nc(NN)ncc1F. The zero-order valence-corrected chi connectivity index (χ0v) is 9.40. The van der Waals surface area contributed by atoms with Crippen molar-refractivity contribution in [1.29, 1.82) is 0 Å². The highest BCUT2D eigenvalue weighted by Crippen LogP contribution is 2.14. The summed E-state index contributed by atoms with van der Waals surface area (Å²) < 4.78 is 18.6. The number of likely N-dealkylation sites (N-methyl/N-ethyl adjacent to an activating group) is 1. The molecule has 7 heteroatoms. The van der Waals surface area contributed by atoms with Crippen LogP contribution in [0.25, 0.3) is 0 Å². The summed E-state index contributed by atoms with van der Waals surface area (Å²) in [4.78, 5) is 9.22. The van der Waals surface area contributed by atoms with E-state index in [1.54, 1.807) is 11.9 Å². The van der Waals surface area contributed by atoms with Gasteiger partial charge in [0.05, 0.1) is 12.8 Å². The van der Waals surface area contributed by atoms with Crippen LogP contribution in [0.2, 0.25) is 0 Å². The molecule has 0 spiro atoms. The number of ether oxygens (including phenoxy) is 1. The number of nitrogen functional groups attached to an aromatic ring is 1. The highest BCUT2D eigenvalue weighted by molar-refractivity contribution is 5.42. The number of hydrogen-bond acceptors (Lipinski definition) is 6. The molecule has 1 heterocycles. The first-order chi connectivity index (χ1) is 7.69. The maximum absolute atomic E-state index is 13.4. The minimum atomic E-state index is -0.488. The first kappa shape index (κ1) is 12.6. The van der Waals surface area contributed by atoms with Gasteiger partial charge in [0.25, 0.3) is 0 Å². The van der Waals surface area contributed by atoms with Crippen molar-refractivity contribution in [3.05, 3.63) is 12.0 Å². The van der Waals surface area contributed by atoms with Gasteiger partial charge in [-0.15, -0.1) is 0 Å². The summed E-state index contributed by atoms with van der Waals surface area (Å²) >= 11 is 0. The van der Waals surface area contributed by atoms with Gasteiger partial charge >= 0.3 is 0 Å². The average molecular weight is 229 g/mol. The van der Waals surface area contributed by atoms with Crippen LogP contribution >= 0.6 is 0 Å². The van der Waals surface area contributed by atoms with Gasteiger partial charge in [0.2, 0.25) is 5.95 Å². The van der Waals surface area contributed by atoms with Crippen LogP contribution in [-0.2, 0) is 4.74 Å². The largest absolute Gasteiger partial charge is 0.380 e. The maximum atomic E-state index is 13.4. The lowest BCUT2D eigenvalue weighted by Crippen LogP contribution is -2.25. The Labute approximate surface area is 93.6 Å². The summed E-state index contributed by atoms with van der Waals surface area (Å²) in [5, 5.41) is 0. The number of anilines is 2. The molecule has 0 unspecified atom stereocenters. The van der Waals surface area contributed by atoms with Crippen LogP contribution < -0.4 is 16.2 Å². The maximum Gasteiger partial charge on any atom is 0.239 e. The van der Waals surface area contributed by atoms with E-state index in [-0.39, 0.29) is 11.8 Å². The van der Waals surface area contributed by atoms with E-state index in [2.05, 4.69) is 15.4 Å². The summed E-state index contributed by atoms with van der Waals surface area (Å²) in [6, 6.07) is 0. The van der Waals surface area contributed by atoms with Gasteiger partial charge in [0.15, 0.2) is 11.6 Å². The van der Waals surface area contributed by atoms with Crippen LogP contribution in [-0.4, -0.2) is 36.8 Å². The van der Waals surface area contributed by atoms with Crippen molar-refractivity contribution in [1.82, 2.24) is 9.97 Å². The minimum absolute atomic E-state index is 0.180. The van der Waals surface area contributed by atoms with Gasteiger partial charge < -0.3 is 9.64 Å². The molecule has 0 fully saturated rings. The van der Waals surface area contributed by atoms with Gasteiger partial charge in [-0.25, -0.2) is 15.2 Å². The van der Waals surface area contributed by atoms with Gasteiger partial charge in [-0.3, -0.25) is 5.43 Å².